The molecular formula is C13H14BrF2N3O2. The number of hydrogen-bond acceptors (Lipinski definition) is 4. The van der Waals surface area contributed by atoms with E-state index in [0.717, 1.165) is 11.3 Å². The predicted octanol–water partition coefficient (Wildman–Crippen LogP) is 3.39. The fourth-order valence-corrected chi connectivity index (χ4v) is 1.97. The number of methoxy groups -OCH3 is 1. The van der Waals surface area contributed by atoms with Crippen molar-refractivity contribution < 1.29 is 18.3 Å². The molecule has 1 unspecified atom stereocenters. The lowest BCUT2D eigenvalue weighted by atomic mass is 10.2. The lowest BCUT2D eigenvalue weighted by Gasteiger charge is -2.11. The Bertz CT molecular complexity index is 605. The standard InChI is InChI=1S/C13H14BrF2N3O2/c1-8(14)10-7-19(18-17-10)6-9-3-4-11(21-13(15)16)12(5-9)20-2/h3-5,7-8,13H,6H2,1-2H3. The van der Waals surface area contributed by atoms with Crippen LogP contribution >= 0.6 is 15.9 Å². The molecular weight excluding hydrogens is 348 g/mol. The summed E-state index contributed by atoms with van der Waals surface area (Å²) in [5.41, 5.74) is 1.66. The van der Waals surface area contributed by atoms with Crippen LogP contribution in [0.5, 0.6) is 11.5 Å². The van der Waals surface area contributed by atoms with Gasteiger partial charge in [-0.15, -0.1) is 5.10 Å². The summed E-state index contributed by atoms with van der Waals surface area (Å²) in [5, 5.41) is 8.03. The molecule has 0 saturated heterocycles. The van der Waals surface area contributed by atoms with E-state index < -0.39 is 6.61 Å². The molecule has 0 N–H and O–H groups in total. The van der Waals surface area contributed by atoms with Crippen LogP contribution in [0, 0.1) is 0 Å². The molecule has 0 aliphatic rings. The van der Waals surface area contributed by atoms with Gasteiger partial charge in [-0.05, 0) is 24.6 Å². The van der Waals surface area contributed by atoms with Crippen LogP contribution in [0.15, 0.2) is 24.4 Å². The molecule has 114 valence electrons. The molecule has 1 atom stereocenters. The summed E-state index contributed by atoms with van der Waals surface area (Å²) in [7, 11) is 1.40. The van der Waals surface area contributed by atoms with Crippen molar-refractivity contribution in [2.45, 2.75) is 24.9 Å². The zero-order valence-corrected chi connectivity index (χ0v) is 13.0. The van der Waals surface area contributed by atoms with E-state index in [9.17, 15) is 8.78 Å². The van der Waals surface area contributed by atoms with Gasteiger partial charge in [0.05, 0.1) is 24.2 Å². The zero-order chi connectivity index (χ0) is 15.4. The molecule has 8 heteroatoms. The van der Waals surface area contributed by atoms with E-state index in [4.69, 9.17) is 4.74 Å². The molecule has 0 amide bonds. The zero-order valence-electron chi connectivity index (χ0n) is 11.5. The molecule has 0 fully saturated rings. The number of halogens is 3. The van der Waals surface area contributed by atoms with Crippen molar-refractivity contribution in [1.82, 2.24) is 15.0 Å². The van der Waals surface area contributed by atoms with Crippen LogP contribution in [0.3, 0.4) is 0 Å². The molecule has 1 heterocycles. The van der Waals surface area contributed by atoms with E-state index in [1.54, 1.807) is 16.8 Å². The van der Waals surface area contributed by atoms with Crippen molar-refractivity contribution in [3.8, 4) is 11.5 Å². The second kappa shape index (κ2) is 6.84. The highest BCUT2D eigenvalue weighted by Crippen LogP contribution is 2.29. The highest BCUT2D eigenvalue weighted by molar-refractivity contribution is 9.09. The van der Waals surface area contributed by atoms with Crippen molar-refractivity contribution in [1.29, 1.82) is 0 Å². The number of nitrogens with zero attached hydrogens (tertiary/aromatic N) is 3. The van der Waals surface area contributed by atoms with E-state index in [1.807, 2.05) is 13.1 Å². The van der Waals surface area contributed by atoms with Gasteiger partial charge < -0.3 is 9.47 Å². The lowest BCUT2D eigenvalue weighted by molar-refractivity contribution is -0.0512. The first kappa shape index (κ1) is 15.7. The van der Waals surface area contributed by atoms with Gasteiger partial charge in [0.25, 0.3) is 0 Å². The van der Waals surface area contributed by atoms with Gasteiger partial charge in [-0.2, -0.15) is 8.78 Å². The summed E-state index contributed by atoms with van der Waals surface area (Å²) in [6.07, 6.45) is 1.81. The normalized spacial score (nSPS) is 12.5. The first-order valence-corrected chi connectivity index (χ1v) is 7.07. The fourth-order valence-electron chi connectivity index (χ4n) is 1.76. The maximum atomic E-state index is 12.3. The molecule has 0 saturated carbocycles. The quantitative estimate of drug-likeness (QED) is 0.740. The van der Waals surface area contributed by atoms with Crippen LogP contribution in [0.1, 0.15) is 23.0 Å². The van der Waals surface area contributed by atoms with Gasteiger partial charge in [-0.25, -0.2) is 4.68 Å². The minimum Gasteiger partial charge on any atom is -0.493 e. The largest absolute Gasteiger partial charge is 0.493 e. The summed E-state index contributed by atoms with van der Waals surface area (Å²) < 4.78 is 35.6. The molecule has 0 radical (unpaired) electrons. The van der Waals surface area contributed by atoms with Gasteiger partial charge in [0.2, 0.25) is 0 Å². The van der Waals surface area contributed by atoms with E-state index >= 15 is 0 Å². The Balaban J connectivity index is 2.16. The second-order valence-electron chi connectivity index (χ2n) is 4.32. The highest BCUT2D eigenvalue weighted by Gasteiger charge is 2.12. The Morgan fingerprint density at radius 1 is 1.33 bits per heavy atom. The molecule has 2 aromatic rings. The monoisotopic (exact) mass is 361 g/mol. The third kappa shape index (κ3) is 4.13. The van der Waals surface area contributed by atoms with E-state index in [2.05, 4.69) is 31.0 Å². The van der Waals surface area contributed by atoms with Gasteiger partial charge in [0.15, 0.2) is 11.5 Å². The number of alkyl halides is 3. The van der Waals surface area contributed by atoms with E-state index in [-0.39, 0.29) is 16.3 Å². The molecule has 0 bridgehead atoms. The molecule has 1 aromatic heterocycles. The molecule has 2 rings (SSSR count). The van der Waals surface area contributed by atoms with Crippen LogP contribution in [0.25, 0.3) is 0 Å². The number of rotatable bonds is 6. The van der Waals surface area contributed by atoms with Crippen molar-refractivity contribution in [2.24, 2.45) is 0 Å². The number of benzene rings is 1. The van der Waals surface area contributed by atoms with Crippen molar-refractivity contribution in [3.63, 3.8) is 0 Å². The summed E-state index contributed by atoms with van der Waals surface area (Å²) in [5.74, 6) is 0.256. The smallest absolute Gasteiger partial charge is 0.387 e. The molecule has 21 heavy (non-hydrogen) atoms. The van der Waals surface area contributed by atoms with Gasteiger partial charge in [0.1, 0.15) is 0 Å². The first-order valence-electron chi connectivity index (χ1n) is 6.15. The summed E-state index contributed by atoms with van der Waals surface area (Å²) in [6, 6.07) is 4.76. The molecule has 0 spiro atoms. The van der Waals surface area contributed by atoms with Gasteiger partial charge >= 0.3 is 6.61 Å². The Hall–Kier alpha value is -1.70. The average Bonchev–Trinajstić information content (AvgIpc) is 2.88. The Kier molecular flexibility index (Phi) is 5.11. The Morgan fingerprint density at radius 2 is 2.10 bits per heavy atom. The Morgan fingerprint density at radius 3 is 2.67 bits per heavy atom. The molecule has 0 aliphatic heterocycles. The van der Waals surface area contributed by atoms with Crippen LogP contribution < -0.4 is 9.47 Å². The van der Waals surface area contributed by atoms with Gasteiger partial charge in [-0.3, -0.25) is 0 Å². The minimum atomic E-state index is -2.89. The molecule has 0 aliphatic carbocycles. The summed E-state index contributed by atoms with van der Waals surface area (Å²) >= 11 is 3.41. The van der Waals surface area contributed by atoms with Crippen molar-refractivity contribution >= 4 is 15.9 Å². The lowest BCUT2D eigenvalue weighted by Crippen LogP contribution is -2.05. The maximum absolute atomic E-state index is 12.3. The fraction of sp³-hybridized carbons (Fsp3) is 0.385. The minimum absolute atomic E-state index is 0.00427. The van der Waals surface area contributed by atoms with Gasteiger partial charge in [0, 0.05) is 6.20 Å². The van der Waals surface area contributed by atoms with Crippen LogP contribution in [0.2, 0.25) is 0 Å². The van der Waals surface area contributed by atoms with E-state index in [1.165, 1.54) is 13.2 Å². The van der Waals surface area contributed by atoms with Crippen molar-refractivity contribution in [2.75, 3.05) is 7.11 Å². The third-order valence-corrected chi connectivity index (χ3v) is 3.22. The number of ether oxygens (including phenoxy) is 2. The van der Waals surface area contributed by atoms with Crippen molar-refractivity contribution in [3.05, 3.63) is 35.7 Å². The topological polar surface area (TPSA) is 49.2 Å². The van der Waals surface area contributed by atoms with Gasteiger partial charge in [-0.1, -0.05) is 27.2 Å². The molecule has 1 aromatic carbocycles. The average molecular weight is 362 g/mol. The van der Waals surface area contributed by atoms with Crippen LogP contribution in [0.4, 0.5) is 8.78 Å². The predicted molar refractivity (Wildman–Crippen MR) is 76.1 cm³/mol. The number of hydrogen-bond donors (Lipinski definition) is 0. The van der Waals surface area contributed by atoms with Crippen LogP contribution in [-0.4, -0.2) is 28.7 Å². The Labute approximate surface area is 129 Å². The third-order valence-electron chi connectivity index (χ3n) is 2.75. The number of aromatic nitrogens is 3. The summed E-state index contributed by atoms with van der Waals surface area (Å²) in [4.78, 5) is 0.114. The molecule has 5 nitrogen and oxygen atoms in total. The highest BCUT2D eigenvalue weighted by atomic mass is 79.9. The second-order valence-corrected chi connectivity index (χ2v) is 5.69. The summed E-state index contributed by atoms with van der Waals surface area (Å²) in [6.45, 7) is -0.477. The maximum Gasteiger partial charge on any atom is 0.387 e. The van der Waals surface area contributed by atoms with E-state index in [0.29, 0.717) is 6.54 Å². The van der Waals surface area contributed by atoms with Crippen LogP contribution in [-0.2, 0) is 6.54 Å². The SMILES string of the molecule is COc1cc(Cn2cc(C(C)Br)nn2)ccc1OC(F)F. The first-order chi connectivity index (χ1) is 9.99.